The van der Waals surface area contributed by atoms with Gasteiger partial charge in [-0.25, -0.2) is 0 Å². The molecule has 7 nitrogen and oxygen atoms in total. The maximum Gasteiger partial charge on any atom is 0.251 e. The summed E-state index contributed by atoms with van der Waals surface area (Å²) in [6.07, 6.45) is 0. The normalized spacial score (nSPS) is 11.4. The number of halogens is 4. The molecule has 0 unspecified atom stereocenters. The number of carbonyl (C=O) groups is 1. The number of fused-ring (bicyclic) bond motifs is 2. The van der Waals surface area contributed by atoms with Crippen molar-refractivity contribution in [2.75, 3.05) is 0 Å². The van der Waals surface area contributed by atoms with Crippen LogP contribution in [0.1, 0.15) is 15.9 Å². The van der Waals surface area contributed by atoms with Crippen LogP contribution in [0.3, 0.4) is 0 Å². The highest BCUT2D eigenvalue weighted by molar-refractivity contribution is 6.43. The number of nitrogens with one attached hydrogen (secondary N) is 1. The first-order valence-electron chi connectivity index (χ1n) is 8.66. The molecule has 4 rings (SSSR count). The second kappa shape index (κ2) is 8.75. The second-order valence-electron chi connectivity index (χ2n) is 6.31. The van der Waals surface area contributed by atoms with E-state index in [1.54, 1.807) is 0 Å². The Morgan fingerprint density at radius 2 is 1.55 bits per heavy atom. The summed E-state index contributed by atoms with van der Waals surface area (Å²) >= 11 is 24.8. The van der Waals surface area contributed by atoms with Crippen LogP contribution in [0.15, 0.2) is 47.6 Å². The minimum atomic E-state index is -0.371. The van der Waals surface area contributed by atoms with Crippen LogP contribution in [0.2, 0.25) is 20.1 Å². The summed E-state index contributed by atoms with van der Waals surface area (Å²) in [5.41, 5.74) is 9.66. The fourth-order valence-electron chi connectivity index (χ4n) is 2.88. The molecule has 0 spiro atoms. The van der Waals surface area contributed by atoms with Gasteiger partial charge in [-0.3, -0.25) is 4.79 Å². The van der Waals surface area contributed by atoms with Crippen molar-refractivity contribution in [3.05, 3.63) is 84.1 Å². The molecule has 1 aliphatic rings. The Balaban J connectivity index is 1.61. The van der Waals surface area contributed by atoms with E-state index < -0.39 is 0 Å². The highest BCUT2D eigenvalue weighted by Gasteiger charge is 2.27. The van der Waals surface area contributed by atoms with E-state index in [1.807, 2.05) is 0 Å². The molecule has 0 atom stereocenters. The highest BCUT2D eigenvalue weighted by atomic mass is 35.5. The molecular weight excluding hydrogens is 486 g/mol. The van der Waals surface area contributed by atoms with E-state index in [1.165, 1.54) is 42.5 Å². The van der Waals surface area contributed by atoms with E-state index >= 15 is 0 Å². The molecule has 1 heterocycles. The van der Waals surface area contributed by atoms with Gasteiger partial charge in [0.25, 0.3) is 5.91 Å². The number of nitrogens with zero attached hydrogens (tertiary/aromatic N) is 3. The van der Waals surface area contributed by atoms with Gasteiger partial charge < -0.3 is 14.8 Å². The van der Waals surface area contributed by atoms with Crippen LogP contribution in [0, 0.1) is 0 Å². The predicted molar refractivity (Wildman–Crippen MR) is 119 cm³/mol. The summed E-state index contributed by atoms with van der Waals surface area (Å²) in [7, 11) is 0. The first-order valence-corrected chi connectivity index (χ1v) is 10.2. The Morgan fingerprint density at radius 3 is 2.19 bits per heavy atom. The van der Waals surface area contributed by atoms with Gasteiger partial charge in [-0.1, -0.05) is 63.7 Å². The van der Waals surface area contributed by atoms with E-state index in [-0.39, 0.29) is 22.5 Å². The van der Waals surface area contributed by atoms with E-state index in [0.717, 1.165) is 0 Å². The van der Waals surface area contributed by atoms with Gasteiger partial charge in [0.05, 0.1) is 20.1 Å². The summed E-state index contributed by atoms with van der Waals surface area (Å²) < 4.78 is 11.8. The molecule has 31 heavy (non-hydrogen) atoms. The van der Waals surface area contributed by atoms with Crippen molar-refractivity contribution >= 4 is 58.0 Å². The average Bonchev–Trinajstić information content (AvgIpc) is 2.75. The third-order valence-corrected chi connectivity index (χ3v) is 5.91. The zero-order valence-corrected chi connectivity index (χ0v) is 18.4. The minimum Gasteiger partial charge on any atom is -0.449 e. The largest absolute Gasteiger partial charge is 0.449 e. The van der Waals surface area contributed by atoms with E-state index in [0.29, 0.717) is 49.9 Å². The van der Waals surface area contributed by atoms with Crippen LogP contribution in [-0.4, -0.2) is 5.91 Å². The molecule has 1 aliphatic heterocycles. The van der Waals surface area contributed by atoms with Gasteiger partial charge in [0.15, 0.2) is 23.0 Å². The smallest absolute Gasteiger partial charge is 0.251 e. The zero-order chi connectivity index (χ0) is 22.1. The number of benzene rings is 3. The third kappa shape index (κ3) is 4.32. The standard InChI is InChI=1S/C20H10Cl4N4O3/c21-12-5-15-16(6-13(12)22)31-19-11(18(24)14(23)7-17(19)30-15)8-26-20(29)9-1-3-10(4-2-9)27-28-25/h1-7H,8H2,(H,26,29). The zero-order valence-electron chi connectivity index (χ0n) is 15.3. The number of amides is 1. The lowest BCUT2D eigenvalue weighted by atomic mass is 10.1. The second-order valence-corrected chi connectivity index (χ2v) is 7.91. The van der Waals surface area contributed by atoms with E-state index in [2.05, 4.69) is 15.3 Å². The fraction of sp³-hybridized carbons (Fsp3) is 0.0500. The number of rotatable bonds is 4. The molecule has 156 valence electrons. The molecule has 0 bridgehead atoms. The van der Waals surface area contributed by atoms with Crippen molar-refractivity contribution in [3.63, 3.8) is 0 Å². The monoisotopic (exact) mass is 494 g/mol. The number of hydrogen-bond donors (Lipinski definition) is 1. The molecule has 0 radical (unpaired) electrons. The first-order chi connectivity index (χ1) is 14.9. The molecule has 3 aromatic carbocycles. The molecular formula is C20H10Cl4N4O3. The number of carbonyl (C=O) groups excluding carboxylic acids is 1. The van der Waals surface area contributed by atoms with Gasteiger partial charge in [-0.15, -0.1) is 0 Å². The molecule has 0 fully saturated rings. The van der Waals surface area contributed by atoms with Crippen LogP contribution in [-0.2, 0) is 6.54 Å². The van der Waals surface area contributed by atoms with Crippen molar-refractivity contribution in [2.24, 2.45) is 5.11 Å². The maximum absolute atomic E-state index is 12.5. The Hall–Kier alpha value is -2.80. The maximum atomic E-state index is 12.5. The van der Waals surface area contributed by atoms with Crippen LogP contribution >= 0.6 is 46.4 Å². The lowest BCUT2D eigenvalue weighted by Gasteiger charge is -2.24. The van der Waals surface area contributed by atoms with Gasteiger partial charge in [0, 0.05) is 46.5 Å². The molecule has 0 aromatic heterocycles. The van der Waals surface area contributed by atoms with Gasteiger partial charge in [0.1, 0.15) is 0 Å². The quantitative estimate of drug-likeness (QED) is 0.176. The topological polar surface area (TPSA) is 96.3 Å². The molecule has 1 N–H and O–H groups in total. The van der Waals surface area contributed by atoms with Gasteiger partial charge in [-0.05, 0) is 17.7 Å². The SMILES string of the molecule is [N-]=[N+]=Nc1ccc(C(=O)NCc2c(Cl)c(Cl)cc3c2Oc2cc(Cl)c(Cl)cc2O3)cc1. The number of azide groups is 1. The third-order valence-electron chi connectivity index (χ3n) is 4.36. The van der Waals surface area contributed by atoms with Crippen LogP contribution in [0.25, 0.3) is 10.4 Å². The molecule has 0 aliphatic carbocycles. The van der Waals surface area contributed by atoms with Crippen molar-refractivity contribution < 1.29 is 14.3 Å². The summed E-state index contributed by atoms with van der Waals surface area (Å²) in [6.45, 7) is 0.0126. The van der Waals surface area contributed by atoms with Crippen molar-refractivity contribution in [2.45, 2.75) is 6.54 Å². The summed E-state index contributed by atoms with van der Waals surface area (Å²) in [5, 5.41) is 7.29. The van der Waals surface area contributed by atoms with Crippen LogP contribution < -0.4 is 14.8 Å². The molecule has 0 saturated carbocycles. The lowest BCUT2D eigenvalue weighted by molar-refractivity contribution is 0.0950. The Labute approximate surface area is 196 Å². The molecule has 11 heteroatoms. The molecule has 1 amide bonds. The van der Waals surface area contributed by atoms with E-state index in [9.17, 15) is 4.79 Å². The van der Waals surface area contributed by atoms with Gasteiger partial charge >= 0.3 is 0 Å². The molecule has 0 saturated heterocycles. The Kier molecular flexibility index (Phi) is 6.05. The number of hydrogen-bond acceptors (Lipinski definition) is 4. The van der Waals surface area contributed by atoms with Crippen LogP contribution in [0.5, 0.6) is 23.0 Å². The van der Waals surface area contributed by atoms with Gasteiger partial charge in [-0.2, -0.15) is 0 Å². The first kappa shape index (κ1) is 21.4. The van der Waals surface area contributed by atoms with Crippen molar-refractivity contribution in [1.29, 1.82) is 0 Å². The van der Waals surface area contributed by atoms with E-state index in [4.69, 9.17) is 61.4 Å². The summed E-state index contributed by atoms with van der Waals surface area (Å²) in [5.74, 6) is 0.976. The molecule has 3 aromatic rings. The average molecular weight is 496 g/mol. The van der Waals surface area contributed by atoms with Crippen molar-refractivity contribution in [1.82, 2.24) is 5.32 Å². The summed E-state index contributed by atoms with van der Waals surface area (Å²) in [6, 6.07) is 10.7. The fourth-order valence-corrected chi connectivity index (χ4v) is 3.61. The lowest BCUT2D eigenvalue weighted by Crippen LogP contribution is -2.23. The van der Waals surface area contributed by atoms with Gasteiger partial charge in [0.2, 0.25) is 0 Å². The Bertz CT molecular complexity index is 1260. The minimum absolute atomic E-state index is 0.0126. The van der Waals surface area contributed by atoms with Crippen molar-refractivity contribution in [3.8, 4) is 23.0 Å². The predicted octanol–water partition coefficient (Wildman–Crippen LogP) is 8.07. The number of ether oxygens (including phenoxy) is 2. The Morgan fingerprint density at radius 1 is 0.935 bits per heavy atom. The highest BCUT2D eigenvalue weighted by Crippen LogP contribution is 2.52. The van der Waals surface area contributed by atoms with Crippen LogP contribution in [0.4, 0.5) is 5.69 Å². The summed E-state index contributed by atoms with van der Waals surface area (Å²) in [4.78, 5) is 15.2.